The molecule has 10 heteroatoms. The lowest BCUT2D eigenvalue weighted by atomic mass is 9.92. The lowest BCUT2D eigenvalue weighted by Gasteiger charge is -2.29. The maximum atomic E-state index is 13.7. The van der Waals surface area contributed by atoms with Crippen LogP contribution in [0.25, 0.3) is 0 Å². The number of halogens is 3. The standard InChI is InChI=1S/C13H15F2NO3.C6H5ClO2S/c14-11-7(13(18)19)5-6-9(12(11)15)16-8-3-1-2-4-10(8)17;7-5-1-3-6(4-2-5)10(8)9/h5-6,8,10,16-17H,1-4H2,(H,18,19);1-4H,(H,8,9)/p-1. The lowest BCUT2D eigenvalue weighted by Crippen LogP contribution is -2.36. The summed E-state index contributed by atoms with van der Waals surface area (Å²) in [4.78, 5) is 10.9. The molecule has 1 aliphatic carbocycles. The summed E-state index contributed by atoms with van der Waals surface area (Å²) in [6.07, 6.45) is 2.51. The van der Waals surface area contributed by atoms with Gasteiger partial charge in [0.15, 0.2) is 11.6 Å². The SMILES string of the molecule is O=C(O)c1ccc(NC2CCCCC2O)c(F)c1F.O=S([O-])c1ccc(Cl)cc1. The van der Waals surface area contributed by atoms with Gasteiger partial charge in [-0.05, 0) is 60.3 Å². The van der Waals surface area contributed by atoms with Gasteiger partial charge in [0.1, 0.15) is 0 Å². The van der Waals surface area contributed by atoms with Crippen LogP contribution in [0.1, 0.15) is 36.0 Å². The number of carboxylic acids is 1. The molecule has 2 aromatic rings. The zero-order chi connectivity index (χ0) is 21.6. The van der Waals surface area contributed by atoms with Crippen molar-refractivity contribution < 1.29 is 32.6 Å². The van der Waals surface area contributed by atoms with Gasteiger partial charge in [0, 0.05) is 9.92 Å². The molecule has 1 saturated carbocycles. The molecule has 0 amide bonds. The van der Waals surface area contributed by atoms with E-state index in [0.29, 0.717) is 17.9 Å². The average Bonchev–Trinajstić information content (AvgIpc) is 2.68. The highest BCUT2D eigenvalue weighted by Crippen LogP contribution is 2.26. The van der Waals surface area contributed by atoms with Gasteiger partial charge in [-0.15, -0.1) is 0 Å². The number of anilines is 1. The van der Waals surface area contributed by atoms with Crippen LogP contribution in [-0.4, -0.2) is 37.1 Å². The molecule has 1 aliphatic rings. The molecule has 0 saturated heterocycles. The Balaban J connectivity index is 0.000000253. The van der Waals surface area contributed by atoms with Gasteiger partial charge in [0.25, 0.3) is 0 Å². The number of rotatable bonds is 4. The number of carboxylic acid groups (broad SMARTS) is 1. The Morgan fingerprint density at radius 1 is 1.10 bits per heavy atom. The highest BCUT2D eigenvalue weighted by atomic mass is 35.5. The molecular formula is C19H19ClF2NO5S-. The minimum atomic E-state index is -2.15. The van der Waals surface area contributed by atoms with E-state index in [2.05, 4.69) is 5.32 Å². The van der Waals surface area contributed by atoms with Crippen LogP contribution in [0.3, 0.4) is 0 Å². The van der Waals surface area contributed by atoms with Gasteiger partial charge in [0.2, 0.25) is 0 Å². The van der Waals surface area contributed by atoms with Crippen LogP contribution in [-0.2, 0) is 11.1 Å². The third-order valence-corrected chi connectivity index (χ3v) is 5.30. The van der Waals surface area contributed by atoms with Crippen molar-refractivity contribution in [2.45, 2.75) is 42.7 Å². The van der Waals surface area contributed by atoms with Crippen LogP contribution in [0.2, 0.25) is 5.02 Å². The summed E-state index contributed by atoms with van der Waals surface area (Å²) in [7, 11) is 0. The van der Waals surface area contributed by atoms with Crippen LogP contribution >= 0.6 is 11.6 Å². The fourth-order valence-corrected chi connectivity index (χ4v) is 3.34. The molecule has 0 spiro atoms. The van der Waals surface area contributed by atoms with Crippen molar-refractivity contribution in [1.82, 2.24) is 0 Å². The van der Waals surface area contributed by atoms with E-state index in [1.165, 1.54) is 30.3 Å². The number of carbonyl (C=O) groups is 1. The summed E-state index contributed by atoms with van der Waals surface area (Å²) < 4.78 is 47.8. The molecule has 6 nitrogen and oxygen atoms in total. The van der Waals surface area contributed by atoms with Crippen molar-refractivity contribution in [2.75, 3.05) is 5.32 Å². The van der Waals surface area contributed by atoms with E-state index in [1.54, 1.807) is 0 Å². The number of hydrogen-bond donors (Lipinski definition) is 3. The Morgan fingerprint density at radius 3 is 2.28 bits per heavy atom. The Morgan fingerprint density at radius 2 is 1.72 bits per heavy atom. The molecule has 0 heterocycles. The van der Waals surface area contributed by atoms with Crippen molar-refractivity contribution >= 4 is 34.3 Å². The van der Waals surface area contributed by atoms with Crippen LogP contribution < -0.4 is 5.32 Å². The third kappa shape index (κ3) is 6.46. The number of aliphatic hydroxyl groups excluding tert-OH is 1. The lowest BCUT2D eigenvalue weighted by molar-refractivity contribution is 0.0690. The van der Waals surface area contributed by atoms with E-state index in [-0.39, 0.29) is 16.6 Å². The molecule has 3 atom stereocenters. The van der Waals surface area contributed by atoms with Crippen LogP contribution in [0.15, 0.2) is 41.3 Å². The summed E-state index contributed by atoms with van der Waals surface area (Å²) in [6.45, 7) is 0. The molecule has 0 aromatic heterocycles. The summed E-state index contributed by atoms with van der Waals surface area (Å²) in [5.41, 5.74) is -0.819. The van der Waals surface area contributed by atoms with E-state index < -0.39 is 40.4 Å². The van der Waals surface area contributed by atoms with E-state index >= 15 is 0 Å². The normalized spacial score (nSPS) is 19.6. The first-order valence-corrected chi connectivity index (χ1v) is 10.2. The van der Waals surface area contributed by atoms with E-state index in [0.717, 1.165) is 18.9 Å². The van der Waals surface area contributed by atoms with E-state index in [1.807, 2.05) is 0 Å². The van der Waals surface area contributed by atoms with Crippen molar-refractivity contribution in [2.24, 2.45) is 0 Å². The van der Waals surface area contributed by atoms with E-state index in [4.69, 9.17) is 16.7 Å². The molecule has 1 fully saturated rings. The van der Waals surface area contributed by atoms with Gasteiger partial charge in [-0.2, -0.15) is 0 Å². The van der Waals surface area contributed by atoms with E-state index in [9.17, 15) is 27.4 Å². The molecule has 29 heavy (non-hydrogen) atoms. The molecule has 0 bridgehead atoms. The highest BCUT2D eigenvalue weighted by molar-refractivity contribution is 7.79. The molecular weight excluding hydrogens is 428 g/mol. The topological polar surface area (TPSA) is 110 Å². The van der Waals surface area contributed by atoms with Crippen molar-refractivity contribution in [3.63, 3.8) is 0 Å². The monoisotopic (exact) mass is 446 g/mol. The highest BCUT2D eigenvalue weighted by Gasteiger charge is 2.25. The maximum absolute atomic E-state index is 13.7. The summed E-state index contributed by atoms with van der Waals surface area (Å²) in [5, 5.41) is 21.7. The van der Waals surface area contributed by atoms with Gasteiger partial charge in [-0.1, -0.05) is 24.4 Å². The van der Waals surface area contributed by atoms with Crippen molar-refractivity contribution in [3.05, 3.63) is 58.6 Å². The first-order valence-electron chi connectivity index (χ1n) is 8.71. The number of benzene rings is 2. The molecule has 0 radical (unpaired) electrons. The molecule has 2 aromatic carbocycles. The Hall–Kier alpha value is -2.07. The number of aliphatic hydroxyl groups is 1. The third-order valence-electron chi connectivity index (χ3n) is 4.39. The largest absolute Gasteiger partial charge is 0.768 e. The van der Waals surface area contributed by atoms with Gasteiger partial charge in [-0.25, -0.2) is 13.6 Å². The van der Waals surface area contributed by atoms with Crippen molar-refractivity contribution in [3.8, 4) is 0 Å². The van der Waals surface area contributed by atoms with Gasteiger partial charge in [-0.3, -0.25) is 4.21 Å². The fraction of sp³-hybridized carbons (Fsp3) is 0.316. The minimum Gasteiger partial charge on any atom is -0.768 e. The molecule has 3 rings (SSSR count). The zero-order valence-electron chi connectivity index (χ0n) is 15.1. The zero-order valence-corrected chi connectivity index (χ0v) is 16.7. The minimum absolute atomic E-state index is 0.117. The molecule has 3 unspecified atom stereocenters. The Kier molecular flexibility index (Phi) is 8.51. The average molecular weight is 447 g/mol. The summed E-state index contributed by atoms with van der Waals surface area (Å²) in [6, 6.07) is 7.83. The second kappa shape index (κ2) is 10.6. The van der Waals surface area contributed by atoms with Gasteiger partial charge in [0.05, 0.1) is 23.4 Å². The quantitative estimate of drug-likeness (QED) is 0.613. The van der Waals surface area contributed by atoms with Gasteiger partial charge >= 0.3 is 5.97 Å². The number of nitrogens with one attached hydrogen (secondary N) is 1. The predicted octanol–water partition coefficient (Wildman–Crippen LogP) is 3.96. The second-order valence-electron chi connectivity index (χ2n) is 6.39. The number of aromatic carboxylic acids is 1. The Labute approximate surface area is 173 Å². The predicted molar refractivity (Wildman–Crippen MR) is 104 cm³/mol. The summed E-state index contributed by atoms with van der Waals surface area (Å²) in [5.74, 6) is -4.12. The fourth-order valence-electron chi connectivity index (χ4n) is 2.85. The smallest absolute Gasteiger partial charge is 0.338 e. The van der Waals surface area contributed by atoms with Gasteiger partial charge < -0.3 is 20.1 Å². The molecule has 0 aliphatic heterocycles. The van der Waals surface area contributed by atoms with Crippen molar-refractivity contribution in [1.29, 1.82) is 0 Å². The first kappa shape index (κ1) is 23.2. The second-order valence-corrected chi connectivity index (χ2v) is 7.76. The maximum Gasteiger partial charge on any atom is 0.338 e. The first-order chi connectivity index (χ1) is 13.7. The molecule has 3 N–H and O–H groups in total. The Bertz CT molecular complexity index is 882. The van der Waals surface area contributed by atoms with Crippen LogP contribution in [0.4, 0.5) is 14.5 Å². The molecule has 158 valence electrons. The number of hydrogen-bond acceptors (Lipinski definition) is 5. The van der Waals surface area contributed by atoms with Crippen LogP contribution in [0, 0.1) is 11.6 Å². The summed E-state index contributed by atoms with van der Waals surface area (Å²) >= 11 is 3.37. The van der Waals surface area contributed by atoms with Crippen LogP contribution in [0.5, 0.6) is 0 Å².